The standard InChI is InChI=1S/C7H13ClO5/c1-2-11-3-4-12-5-6(9)13-7(8)10/h6,9H,2-5H2,1H3. The Morgan fingerprint density at radius 3 is 2.62 bits per heavy atom. The maximum absolute atomic E-state index is 10.1. The molecule has 0 fully saturated rings. The Balaban J connectivity index is 3.17. The molecule has 1 unspecified atom stereocenters. The Hall–Kier alpha value is -0.360. The van der Waals surface area contributed by atoms with E-state index in [4.69, 9.17) is 26.2 Å². The number of carbonyl (C=O) groups excluding carboxylic acids is 1. The van der Waals surface area contributed by atoms with Crippen LogP contribution in [0.1, 0.15) is 6.92 Å². The molecule has 0 rings (SSSR count). The smallest absolute Gasteiger partial charge is 0.406 e. The molecule has 0 amide bonds. The predicted molar refractivity (Wildman–Crippen MR) is 45.7 cm³/mol. The minimum absolute atomic E-state index is 0.106. The first kappa shape index (κ1) is 12.6. The number of hydrogen-bond acceptors (Lipinski definition) is 5. The zero-order valence-corrected chi connectivity index (χ0v) is 8.12. The molecular formula is C7H13ClO5. The van der Waals surface area contributed by atoms with Crippen LogP contribution in [0.25, 0.3) is 0 Å². The molecule has 13 heavy (non-hydrogen) atoms. The molecule has 0 aliphatic carbocycles. The predicted octanol–water partition coefficient (Wildman–Crippen LogP) is 0.733. The van der Waals surface area contributed by atoms with Crippen LogP contribution >= 0.6 is 11.6 Å². The van der Waals surface area contributed by atoms with E-state index in [1.165, 1.54) is 0 Å². The summed E-state index contributed by atoms with van der Waals surface area (Å²) < 4.78 is 14.0. The minimum atomic E-state index is -1.31. The summed E-state index contributed by atoms with van der Waals surface area (Å²) in [6.07, 6.45) is -1.31. The molecule has 0 aliphatic heterocycles. The van der Waals surface area contributed by atoms with Gasteiger partial charge in [0.1, 0.15) is 6.61 Å². The van der Waals surface area contributed by atoms with E-state index in [-0.39, 0.29) is 6.61 Å². The average molecular weight is 213 g/mol. The third-order valence-electron chi connectivity index (χ3n) is 1.07. The third-order valence-corrected chi connectivity index (χ3v) is 1.15. The zero-order valence-electron chi connectivity index (χ0n) is 7.36. The summed E-state index contributed by atoms with van der Waals surface area (Å²) in [5.41, 5.74) is -1.05. The first-order valence-corrected chi connectivity index (χ1v) is 4.24. The lowest BCUT2D eigenvalue weighted by Crippen LogP contribution is -2.21. The molecule has 6 heteroatoms. The minimum Gasteiger partial charge on any atom is -0.421 e. The van der Waals surface area contributed by atoms with Crippen molar-refractivity contribution >= 4 is 17.0 Å². The van der Waals surface area contributed by atoms with Gasteiger partial charge in [-0.1, -0.05) is 0 Å². The van der Waals surface area contributed by atoms with Crippen LogP contribution in [0.4, 0.5) is 4.79 Å². The van der Waals surface area contributed by atoms with Crippen LogP contribution in [0.5, 0.6) is 0 Å². The summed E-state index contributed by atoms with van der Waals surface area (Å²) in [6.45, 7) is 3.15. The van der Waals surface area contributed by atoms with Gasteiger partial charge >= 0.3 is 5.43 Å². The summed E-state index contributed by atoms with van der Waals surface area (Å²) in [5.74, 6) is 0. The fourth-order valence-corrected chi connectivity index (χ4v) is 0.690. The Bertz CT molecular complexity index is 141. The molecule has 0 aromatic heterocycles. The van der Waals surface area contributed by atoms with Crippen LogP contribution in [0, 0.1) is 0 Å². The van der Waals surface area contributed by atoms with Gasteiger partial charge in [-0.15, -0.1) is 0 Å². The Labute approximate surface area is 81.5 Å². The van der Waals surface area contributed by atoms with Gasteiger partial charge in [0.15, 0.2) is 0 Å². The molecule has 0 aliphatic rings. The molecule has 0 spiro atoms. The highest BCUT2D eigenvalue weighted by atomic mass is 35.5. The second kappa shape index (κ2) is 8.25. The van der Waals surface area contributed by atoms with Gasteiger partial charge in [-0.25, -0.2) is 4.79 Å². The van der Waals surface area contributed by atoms with Crippen LogP contribution in [0.3, 0.4) is 0 Å². The van der Waals surface area contributed by atoms with Crippen LogP contribution < -0.4 is 0 Å². The molecule has 1 N–H and O–H groups in total. The van der Waals surface area contributed by atoms with E-state index in [2.05, 4.69) is 4.74 Å². The van der Waals surface area contributed by atoms with E-state index >= 15 is 0 Å². The molecular weight excluding hydrogens is 200 g/mol. The van der Waals surface area contributed by atoms with Gasteiger partial charge < -0.3 is 19.3 Å². The van der Waals surface area contributed by atoms with Crippen molar-refractivity contribution in [3.05, 3.63) is 0 Å². The van der Waals surface area contributed by atoms with Crippen molar-refractivity contribution in [2.45, 2.75) is 13.2 Å². The number of halogens is 1. The van der Waals surface area contributed by atoms with E-state index in [1.54, 1.807) is 0 Å². The second-order valence-corrected chi connectivity index (χ2v) is 2.39. The van der Waals surface area contributed by atoms with Gasteiger partial charge in [-0.3, -0.25) is 0 Å². The maximum atomic E-state index is 10.1. The van der Waals surface area contributed by atoms with Gasteiger partial charge in [0, 0.05) is 18.2 Å². The van der Waals surface area contributed by atoms with Crippen LogP contribution in [-0.4, -0.2) is 43.3 Å². The van der Waals surface area contributed by atoms with Gasteiger partial charge in [0.25, 0.3) is 0 Å². The molecule has 0 aromatic rings. The fraction of sp³-hybridized carbons (Fsp3) is 0.857. The van der Waals surface area contributed by atoms with Crippen molar-refractivity contribution in [3.8, 4) is 0 Å². The Morgan fingerprint density at radius 2 is 2.08 bits per heavy atom. The Morgan fingerprint density at radius 1 is 1.46 bits per heavy atom. The summed E-state index contributed by atoms with van der Waals surface area (Å²) in [5, 5.41) is 8.88. The lowest BCUT2D eigenvalue weighted by molar-refractivity contribution is -0.0985. The van der Waals surface area contributed by atoms with Crippen LogP contribution in [0.15, 0.2) is 0 Å². The summed E-state index contributed by atoms with van der Waals surface area (Å²) in [6, 6.07) is 0. The summed E-state index contributed by atoms with van der Waals surface area (Å²) in [7, 11) is 0. The number of ether oxygens (including phenoxy) is 3. The number of aliphatic hydroxyl groups excluding tert-OH is 1. The highest BCUT2D eigenvalue weighted by Gasteiger charge is 2.07. The molecule has 0 aromatic carbocycles. The summed E-state index contributed by atoms with van der Waals surface area (Å²) in [4.78, 5) is 10.1. The molecule has 78 valence electrons. The van der Waals surface area contributed by atoms with Crippen LogP contribution in [0.2, 0.25) is 0 Å². The van der Waals surface area contributed by atoms with Crippen molar-refractivity contribution in [1.29, 1.82) is 0 Å². The molecule has 0 radical (unpaired) electrons. The van der Waals surface area contributed by atoms with E-state index in [0.29, 0.717) is 19.8 Å². The molecule has 5 nitrogen and oxygen atoms in total. The van der Waals surface area contributed by atoms with Gasteiger partial charge in [-0.05, 0) is 6.92 Å². The zero-order chi connectivity index (χ0) is 10.1. The highest BCUT2D eigenvalue weighted by molar-refractivity contribution is 6.61. The van der Waals surface area contributed by atoms with Gasteiger partial charge in [0.05, 0.1) is 13.2 Å². The quantitative estimate of drug-likeness (QED) is 0.383. The van der Waals surface area contributed by atoms with Crippen molar-refractivity contribution in [1.82, 2.24) is 0 Å². The molecule has 0 bridgehead atoms. The van der Waals surface area contributed by atoms with Gasteiger partial charge in [0.2, 0.25) is 6.29 Å². The first-order chi connectivity index (χ1) is 6.16. The summed E-state index contributed by atoms with van der Waals surface area (Å²) >= 11 is 4.83. The van der Waals surface area contributed by atoms with Crippen molar-refractivity contribution < 1.29 is 24.1 Å². The highest BCUT2D eigenvalue weighted by Crippen LogP contribution is 1.94. The molecule has 0 saturated carbocycles. The number of hydrogen-bond donors (Lipinski definition) is 1. The van der Waals surface area contributed by atoms with Crippen molar-refractivity contribution in [2.75, 3.05) is 26.4 Å². The van der Waals surface area contributed by atoms with E-state index < -0.39 is 11.7 Å². The Kier molecular flexibility index (Phi) is 8.02. The van der Waals surface area contributed by atoms with Crippen LogP contribution in [-0.2, 0) is 14.2 Å². The number of carbonyl (C=O) groups is 1. The topological polar surface area (TPSA) is 65.0 Å². The monoisotopic (exact) mass is 212 g/mol. The third kappa shape index (κ3) is 9.55. The number of aliphatic hydroxyl groups is 1. The maximum Gasteiger partial charge on any atom is 0.406 e. The van der Waals surface area contributed by atoms with Crippen molar-refractivity contribution in [2.24, 2.45) is 0 Å². The second-order valence-electron chi connectivity index (χ2n) is 2.08. The lowest BCUT2D eigenvalue weighted by atomic mass is 10.6. The molecule has 1 atom stereocenters. The SMILES string of the molecule is CCOCCOCC(O)OC(=O)Cl. The molecule has 0 heterocycles. The lowest BCUT2D eigenvalue weighted by Gasteiger charge is -2.09. The average Bonchev–Trinajstić information content (AvgIpc) is 2.02. The number of rotatable bonds is 7. The normalized spacial score (nSPS) is 12.5. The van der Waals surface area contributed by atoms with E-state index in [1.807, 2.05) is 6.92 Å². The van der Waals surface area contributed by atoms with Crippen molar-refractivity contribution in [3.63, 3.8) is 0 Å². The van der Waals surface area contributed by atoms with E-state index in [9.17, 15) is 4.79 Å². The van der Waals surface area contributed by atoms with Gasteiger partial charge in [-0.2, -0.15) is 0 Å². The first-order valence-electron chi connectivity index (χ1n) is 3.86. The van der Waals surface area contributed by atoms with E-state index in [0.717, 1.165) is 0 Å². The fourth-order valence-electron chi connectivity index (χ4n) is 0.587. The molecule has 0 saturated heterocycles. The largest absolute Gasteiger partial charge is 0.421 e.